The highest BCUT2D eigenvalue weighted by molar-refractivity contribution is 4.58. The maximum atomic E-state index is 9.37. The van der Waals surface area contributed by atoms with Crippen LogP contribution in [0, 0.1) is 5.92 Å². The average Bonchev–Trinajstić information content (AvgIpc) is 2.19. The van der Waals surface area contributed by atoms with E-state index in [1.165, 1.54) is 25.7 Å². The van der Waals surface area contributed by atoms with E-state index < -0.39 is 0 Å². The number of rotatable bonds is 9. The summed E-state index contributed by atoms with van der Waals surface area (Å²) in [7, 11) is 0. The Bertz CT molecular complexity index is 111. The molecule has 0 aromatic carbocycles. The molecule has 0 aliphatic heterocycles. The van der Waals surface area contributed by atoms with Gasteiger partial charge in [-0.1, -0.05) is 46.0 Å². The summed E-state index contributed by atoms with van der Waals surface area (Å²) >= 11 is 0. The lowest BCUT2D eigenvalue weighted by molar-refractivity contribution is 0.122. The fourth-order valence-electron chi connectivity index (χ4n) is 1.80. The third kappa shape index (κ3) is 7.34. The van der Waals surface area contributed by atoms with Crippen molar-refractivity contribution < 1.29 is 10.2 Å². The van der Waals surface area contributed by atoms with Gasteiger partial charge in [0.05, 0.1) is 6.10 Å². The van der Waals surface area contributed by atoms with E-state index in [2.05, 4.69) is 13.8 Å². The minimum atomic E-state index is -0.290. The van der Waals surface area contributed by atoms with E-state index in [9.17, 15) is 5.11 Å². The molecule has 0 fully saturated rings. The van der Waals surface area contributed by atoms with Crippen LogP contribution in [0.4, 0.5) is 0 Å². The predicted molar refractivity (Wildman–Crippen MR) is 60.2 cm³/mol. The van der Waals surface area contributed by atoms with E-state index in [0.717, 1.165) is 18.8 Å². The summed E-state index contributed by atoms with van der Waals surface area (Å²) in [6.45, 7) is 4.59. The fourth-order valence-corrected chi connectivity index (χ4v) is 1.80. The molecule has 0 saturated heterocycles. The zero-order chi connectivity index (χ0) is 10.8. The second-order valence-corrected chi connectivity index (χ2v) is 4.13. The van der Waals surface area contributed by atoms with Crippen LogP contribution in [0.2, 0.25) is 0 Å². The van der Waals surface area contributed by atoms with Crippen molar-refractivity contribution in [3.8, 4) is 0 Å². The molecule has 0 heterocycles. The van der Waals surface area contributed by atoms with Gasteiger partial charge >= 0.3 is 0 Å². The molecule has 2 N–H and O–H groups in total. The predicted octanol–water partition coefficient (Wildman–Crippen LogP) is 2.73. The van der Waals surface area contributed by atoms with Crippen LogP contribution in [-0.4, -0.2) is 22.9 Å². The molecule has 0 aromatic heterocycles. The number of unbranched alkanes of at least 4 members (excludes halogenated alkanes) is 1. The summed E-state index contributed by atoms with van der Waals surface area (Å²) in [5, 5.41) is 18.0. The molecule has 14 heavy (non-hydrogen) atoms. The Morgan fingerprint density at radius 2 is 1.50 bits per heavy atom. The summed E-state index contributed by atoms with van der Waals surface area (Å²) in [6.07, 6.45) is 7.24. The Balaban J connectivity index is 3.27. The summed E-state index contributed by atoms with van der Waals surface area (Å²) in [4.78, 5) is 0. The maximum absolute atomic E-state index is 9.37. The topological polar surface area (TPSA) is 40.5 Å². The number of aliphatic hydroxyl groups excluding tert-OH is 2. The van der Waals surface area contributed by atoms with Crippen molar-refractivity contribution in [1.82, 2.24) is 0 Å². The van der Waals surface area contributed by atoms with Gasteiger partial charge in [0.15, 0.2) is 0 Å². The normalized spacial score (nSPS) is 13.5. The van der Waals surface area contributed by atoms with Gasteiger partial charge in [0.1, 0.15) is 0 Å². The molecule has 0 rings (SSSR count). The second-order valence-electron chi connectivity index (χ2n) is 4.13. The van der Waals surface area contributed by atoms with Crippen molar-refractivity contribution in [1.29, 1.82) is 0 Å². The lowest BCUT2D eigenvalue weighted by Gasteiger charge is -2.12. The first-order chi connectivity index (χ1) is 6.74. The van der Waals surface area contributed by atoms with Crippen LogP contribution < -0.4 is 0 Å². The molecule has 1 unspecified atom stereocenters. The Kier molecular flexibility index (Phi) is 9.42. The Hall–Kier alpha value is -0.0800. The monoisotopic (exact) mass is 202 g/mol. The van der Waals surface area contributed by atoms with Gasteiger partial charge in [-0.05, 0) is 18.8 Å². The minimum Gasteiger partial charge on any atom is -0.396 e. The summed E-state index contributed by atoms with van der Waals surface area (Å²) in [5.74, 6) is 0.866. The van der Waals surface area contributed by atoms with Gasteiger partial charge in [0.25, 0.3) is 0 Å². The largest absolute Gasteiger partial charge is 0.396 e. The maximum Gasteiger partial charge on any atom is 0.0562 e. The highest BCUT2D eigenvalue weighted by Crippen LogP contribution is 2.17. The molecular weight excluding hydrogens is 176 g/mol. The van der Waals surface area contributed by atoms with Crippen molar-refractivity contribution in [2.75, 3.05) is 6.61 Å². The van der Waals surface area contributed by atoms with Crippen LogP contribution in [0.5, 0.6) is 0 Å². The van der Waals surface area contributed by atoms with Crippen LogP contribution in [0.25, 0.3) is 0 Å². The molecule has 0 aromatic rings. The van der Waals surface area contributed by atoms with Crippen molar-refractivity contribution in [2.24, 2.45) is 5.92 Å². The molecular formula is C12H26O2. The molecule has 2 heteroatoms. The van der Waals surface area contributed by atoms with Crippen molar-refractivity contribution in [3.63, 3.8) is 0 Å². The third-order valence-corrected chi connectivity index (χ3v) is 3.02. The number of hydrogen-bond donors (Lipinski definition) is 2. The third-order valence-electron chi connectivity index (χ3n) is 3.02. The minimum absolute atomic E-state index is 0.105. The van der Waals surface area contributed by atoms with Gasteiger partial charge in [-0.3, -0.25) is 0 Å². The van der Waals surface area contributed by atoms with Crippen LogP contribution in [0.3, 0.4) is 0 Å². The fraction of sp³-hybridized carbons (Fsp3) is 1.00. The Morgan fingerprint density at radius 3 is 2.00 bits per heavy atom. The van der Waals surface area contributed by atoms with Gasteiger partial charge < -0.3 is 10.2 Å². The van der Waals surface area contributed by atoms with Gasteiger partial charge in [0, 0.05) is 6.61 Å². The first-order valence-corrected chi connectivity index (χ1v) is 6.03. The van der Waals surface area contributed by atoms with Crippen LogP contribution in [0.1, 0.15) is 58.8 Å². The molecule has 86 valence electrons. The molecule has 2 nitrogen and oxygen atoms in total. The summed E-state index contributed by atoms with van der Waals surface area (Å²) in [5.41, 5.74) is 0. The van der Waals surface area contributed by atoms with Gasteiger partial charge in [-0.2, -0.15) is 0 Å². The zero-order valence-electron chi connectivity index (χ0n) is 9.71. The van der Waals surface area contributed by atoms with Crippen LogP contribution >= 0.6 is 0 Å². The standard InChI is InChI=1S/C12H26O2/c1-3-11(4-2)7-5-6-8-12(14)9-10-13/h11-14H,3-10H2,1-2H3. The van der Waals surface area contributed by atoms with Gasteiger partial charge in [-0.15, -0.1) is 0 Å². The average molecular weight is 202 g/mol. The van der Waals surface area contributed by atoms with Crippen molar-refractivity contribution >= 4 is 0 Å². The molecule has 0 aliphatic carbocycles. The van der Waals surface area contributed by atoms with Crippen LogP contribution in [-0.2, 0) is 0 Å². The second kappa shape index (κ2) is 9.47. The first kappa shape index (κ1) is 13.9. The van der Waals surface area contributed by atoms with E-state index in [0.29, 0.717) is 6.42 Å². The first-order valence-electron chi connectivity index (χ1n) is 6.03. The Morgan fingerprint density at radius 1 is 0.929 bits per heavy atom. The van der Waals surface area contributed by atoms with E-state index >= 15 is 0 Å². The van der Waals surface area contributed by atoms with E-state index in [-0.39, 0.29) is 12.7 Å². The highest BCUT2D eigenvalue weighted by atomic mass is 16.3. The molecule has 0 amide bonds. The summed E-state index contributed by atoms with van der Waals surface area (Å²) in [6, 6.07) is 0. The highest BCUT2D eigenvalue weighted by Gasteiger charge is 2.05. The lowest BCUT2D eigenvalue weighted by atomic mass is 9.95. The molecule has 0 saturated carbocycles. The lowest BCUT2D eigenvalue weighted by Crippen LogP contribution is -2.08. The number of aliphatic hydroxyl groups is 2. The molecule has 0 bridgehead atoms. The molecule has 0 radical (unpaired) electrons. The molecule has 1 atom stereocenters. The van der Waals surface area contributed by atoms with E-state index in [1.54, 1.807) is 0 Å². The van der Waals surface area contributed by atoms with Crippen molar-refractivity contribution in [2.45, 2.75) is 64.9 Å². The van der Waals surface area contributed by atoms with Crippen molar-refractivity contribution in [3.05, 3.63) is 0 Å². The summed E-state index contributed by atoms with van der Waals surface area (Å²) < 4.78 is 0. The quantitative estimate of drug-likeness (QED) is 0.564. The zero-order valence-corrected chi connectivity index (χ0v) is 9.71. The Labute approximate surface area is 88.3 Å². The van der Waals surface area contributed by atoms with Gasteiger partial charge in [0.2, 0.25) is 0 Å². The van der Waals surface area contributed by atoms with Gasteiger partial charge in [-0.25, -0.2) is 0 Å². The molecule has 0 aliphatic rings. The molecule has 0 spiro atoms. The number of hydrogen-bond acceptors (Lipinski definition) is 2. The smallest absolute Gasteiger partial charge is 0.0562 e. The van der Waals surface area contributed by atoms with E-state index in [4.69, 9.17) is 5.11 Å². The van der Waals surface area contributed by atoms with E-state index in [1.807, 2.05) is 0 Å². The SMILES string of the molecule is CCC(CC)CCCCC(O)CCO. The van der Waals surface area contributed by atoms with Crippen LogP contribution in [0.15, 0.2) is 0 Å².